The van der Waals surface area contributed by atoms with Crippen LogP contribution in [0.4, 0.5) is 0 Å². The van der Waals surface area contributed by atoms with Gasteiger partial charge < -0.3 is 15.5 Å². The maximum atomic E-state index is 11.4. The smallest absolute Gasteiger partial charge is 0.219 e. The Labute approximate surface area is 159 Å². The van der Waals surface area contributed by atoms with Gasteiger partial charge in [-0.25, -0.2) is 0 Å². The third kappa shape index (κ3) is 6.43. The van der Waals surface area contributed by atoms with Crippen LogP contribution in [0.5, 0.6) is 0 Å². The number of hydrogen-bond acceptors (Lipinski definition) is 4. The van der Waals surface area contributed by atoms with Crippen LogP contribution in [0.2, 0.25) is 0 Å². The molecule has 0 aromatic carbocycles. The Morgan fingerprint density at radius 1 is 1.00 bits per heavy atom. The molecule has 1 amide bonds. The summed E-state index contributed by atoms with van der Waals surface area (Å²) in [5.74, 6) is 1.06. The van der Waals surface area contributed by atoms with Crippen LogP contribution >= 0.6 is 0 Å². The predicted molar refractivity (Wildman–Crippen MR) is 108 cm³/mol. The van der Waals surface area contributed by atoms with Crippen LogP contribution in [0.3, 0.4) is 0 Å². The van der Waals surface area contributed by atoms with E-state index in [1.54, 1.807) is 6.92 Å². The molecule has 7 heteroatoms. The molecule has 0 unspecified atom stereocenters. The van der Waals surface area contributed by atoms with Gasteiger partial charge >= 0.3 is 0 Å². The Bertz CT molecular complexity index is 465. The molecule has 150 valence electrons. The molecule has 0 atom stereocenters. The van der Waals surface area contributed by atoms with E-state index >= 15 is 0 Å². The van der Waals surface area contributed by atoms with E-state index < -0.39 is 0 Å². The molecule has 0 aliphatic carbocycles. The number of amides is 1. The molecule has 0 radical (unpaired) electrons. The van der Waals surface area contributed by atoms with Gasteiger partial charge in [-0.05, 0) is 39.8 Å². The fraction of sp³-hybridized carbons (Fsp3) is 0.895. The molecular formula is C19H38N6O. The van der Waals surface area contributed by atoms with Crippen molar-refractivity contribution in [1.82, 2.24) is 25.3 Å². The first-order valence-corrected chi connectivity index (χ1v) is 10.1. The van der Waals surface area contributed by atoms with Crippen LogP contribution < -0.4 is 10.6 Å². The quantitative estimate of drug-likeness (QED) is 0.532. The summed E-state index contributed by atoms with van der Waals surface area (Å²) in [5, 5.41) is 6.92. The lowest BCUT2D eigenvalue weighted by Gasteiger charge is -2.41. The van der Waals surface area contributed by atoms with Gasteiger partial charge in [0.2, 0.25) is 5.91 Å². The maximum Gasteiger partial charge on any atom is 0.219 e. The molecule has 2 N–H and O–H groups in total. The summed E-state index contributed by atoms with van der Waals surface area (Å²) in [5.41, 5.74) is 0.140. The number of nitrogens with zero attached hydrogens (tertiary/aromatic N) is 4. The highest BCUT2D eigenvalue weighted by atomic mass is 16.2. The molecule has 0 spiro atoms. The summed E-state index contributed by atoms with van der Waals surface area (Å²) in [6.45, 7) is 15.0. The van der Waals surface area contributed by atoms with Crippen LogP contribution in [-0.2, 0) is 4.79 Å². The topological polar surface area (TPSA) is 63.2 Å². The standard InChI is InChI=1S/C19H38N6O/c1-17(26)24-14-12-23(13-15-24)11-8-21-18(20-4)22-16-19(2,3)25-9-6-5-7-10-25/h5-16H2,1-4H3,(H2,20,21,22). The molecule has 2 aliphatic rings. The number of guanidine groups is 1. The van der Waals surface area contributed by atoms with Crippen molar-refractivity contribution >= 4 is 11.9 Å². The summed E-state index contributed by atoms with van der Waals surface area (Å²) in [6, 6.07) is 0. The monoisotopic (exact) mass is 366 g/mol. The van der Waals surface area contributed by atoms with E-state index in [1.165, 1.54) is 32.4 Å². The van der Waals surface area contributed by atoms with E-state index in [0.29, 0.717) is 0 Å². The van der Waals surface area contributed by atoms with Gasteiger partial charge in [-0.15, -0.1) is 0 Å². The summed E-state index contributed by atoms with van der Waals surface area (Å²) >= 11 is 0. The minimum Gasteiger partial charge on any atom is -0.355 e. The Balaban J connectivity index is 1.65. The highest BCUT2D eigenvalue weighted by Gasteiger charge is 2.27. The molecule has 0 aromatic heterocycles. The predicted octanol–water partition coefficient (Wildman–Crippen LogP) is 0.580. The third-order valence-electron chi connectivity index (χ3n) is 5.66. The van der Waals surface area contributed by atoms with Crippen molar-refractivity contribution in [2.45, 2.75) is 45.6 Å². The van der Waals surface area contributed by atoms with E-state index in [9.17, 15) is 4.79 Å². The Kier molecular flexibility index (Phi) is 8.15. The number of rotatable bonds is 6. The number of likely N-dealkylation sites (tertiary alicyclic amines) is 1. The van der Waals surface area contributed by atoms with E-state index in [-0.39, 0.29) is 11.4 Å². The van der Waals surface area contributed by atoms with Gasteiger partial charge in [0.05, 0.1) is 0 Å². The molecule has 2 rings (SSSR count). The average molecular weight is 367 g/mol. The van der Waals surface area contributed by atoms with Crippen molar-refractivity contribution in [1.29, 1.82) is 0 Å². The molecule has 2 fully saturated rings. The first-order chi connectivity index (χ1) is 12.4. The number of piperazine rings is 1. The number of aliphatic imine (C=N–C) groups is 1. The SMILES string of the molecule is CN=C(NCCN1CCN(C(C)=O)CC1)NCC(C)(C)N1CCCCC1. The van der Waals surface area contributed by atoms with E-state index in [2.05, 4.69) is 39.3 Å². The zero-order chi connectivity index (χ0) is 19.0. The highest BCUT2D eigenvalue weighted by Crippen LogP contribution is 2.19. The average Bonchev–Trinajstić information content (AvgIpc) is 2.65. The van der Waals surface area contributed by atoms with Gasteiger partial charge in [0.25, 0.3) is 0 Å². The lowest BCUT2D eigenvalue weighted by molar-refractivity contribution is -0.130. The zero-order valence-corrected chi connectivity index (χ0v) is 17.2. The molecule has 7 nitrogen and oxygen atoms in total. The fourth-order valence-electron chi connectivity index (χ4n) is 3.75. The molecule has 2 saturated heterocycles. The zero-order valence-electron chi connectivity index (χ0n) is 17.2. The van der Waals surface area contributed by atoms with Crippen molar-refractivity contribution < 1.29 is 4.79 Å². The van der Waals surface area contributed by atoms with Crippen molar-refractivity contribution in [3.8, 4) is 0 Å². The third-order valence-corrected chi connectivity index (χ3v) is 5.66. The first-order valence-electron chi connectivity index (χ1n) is 10.1. The number of carbonyl (C=O) groups excluding carboxylic acids is 1. The molecule has 2 heterocycles. The number of carbonyl (C=O) groups is 1. The second-order valence-electron chi connectivity index (χ2n) is 8.06. The second-order valence-corrected chi connectivity index (χ2v) is 8.06. The maximum absolute atomic E-state index is 11.4. The van der Waals surface area contributed by atoms with Gasteiger partial charge in [0.1, 0.15) is 0 Å². The van der Waals surface area contributed by atoms with Crippen LogP contribution in [0.1, 0.15) is 40.0 Å². The first kappa shape index (κ1) is 21.0. The van der Waals surface area contributed by atoms with Gasteiger partial charge in [0, 0.05) is 65.3 Å². The van der Waals surface area contributed by atoms with E-state index in [1.807, 2.05) is 11.9 Å². The van der Waals surface area contributed by atoms with Crippen LogP contribution in [0.25, 0.3) is 0 Å². The van der Waals surface area contributed by atoms with Crippen LogP contribution in [0, 0.1) is 0 Å². The summed E-state index contributed by atoms with van der Waals surface area (Å²) in [4.78, 5) is 22.7. The minimum atomic E-state index is 0.140. The fourth-order valence-corrected chi connectivity index (χ4v) is 3.75. The lowest BCUT2D eigenvalue weighted by Crippen LogP contribution is -2.55. The van der Waals surface area contributed by atoms with E-state index in [4.69, 9.17) is 0 Å². The Hall–Kier alpha value is -1.34. The largest absolute Gasteiger partial charge is 0.355 e. The minimum absolute atomic E-state index is 0.140. The Morgan fingerprint density at radius 3 is 2.23 bits per heavy atom. The highest BCUT2D eigenvalue weighted by molar-refractivity contribution is 5.79. The van der Waals surface area contributed by atoms with Crippen LogP contribution in [-0.4, -0.2) is 98.1 Å². The van der Waals surface area contributed by atoms with E-state index in [0.717, 1.165) is 51.8 Å². The van der Waals surface area contributed by atoms with Gasteiger partial charge in [-0.2, -0.15) is 0 Å². The normalized spacial score (nSPS) is 20.9. The van der Waals surface area contributed by atoms with Crippen molar-refractivity contribution in [2.75, 3.05) is 66.0 Å². The molecule has 2 aliphatic heterocycles. The summed E-state index contributed by atoms with van der Waals surface area (Å²) < 4.78 is 0. The van der Waals surface area contributed by atoms with Crippen molar-refractivity contribution in [3.05, 3.63) is 0 Å². The summed E-state index contributed by atoms with van der Waals surface area (Å²) in [7, 11) is 1.83. The van der Waals surface area contributed by atoms with Gasteiger partial charge in [-0.1, -0.05) is 6.42 Å². The molecule has 0 saturated carbocycles. The molecule has 26 heavy (non-hydrogen) atoms. The molecular weight excluding hydrogens is 328 g/mol. The summed E-state index contributed by atoms with van der Waals surface area (Å²) in [6.07, 6.45) is 3.99. The van der Waals surface area contributed by atoms with Crippen molar-refractivity contribution in [2.24, 2.45) is 4.99 Å². The van der Waals surface area contributed by atoms with Gasteiger partial charge in [-0.3, -0.25) is 19.6 Å². The van der Waals surface area contributed by atoms with Gasteiger partial charge in [0.15, 0.2) is 5.96 Å². The molecule has 0 aromatic rings. The van der Waals surface area contributed by atoms with Crippen LogP contribution in [0.15, 0.2) is 4.99 Å². The number of nitrogens with one attached hydrogen (secondary N) is 2. The molecule has 0 bridgehead atoms. The second kappa shape index (κ2) is 10.1. The number of piperidine rings is 1. The Morgan fingerprint density at radius 2 is 1.65 bits per heavy atom. The lowest BCUT2D eigenvalue weighted by atomic mass is 9.98. The number of hydrogen-bond donors (Lipinski definition) is 2. The van der Waals surface area contributed by atoms with Crippen molar-refractivity contribution in [3.63, 3.8) is 0 Å².